The Hall–Kier alpha value is -1.41. The summed E-state index contributed by atoms with van der Waals surface area (Å²) in [7, 11) is -3.76. The Kier molecular flexibility index (Phi) is 2.68. The number of hydrogen-bond donors (Lipinski definition) is 2. The number of aromatic amines is 1. The summed E-state index contributed by atoms with van der Waals surface area (Å²) in [6.07, 6.45) is 3.84. The van der Waals surface area contributed by atoms with Gasteiger partial charge < -0.3 is 10.1 Å². The van der Waals surface area contributed by atoms with Crippen LogP contribution in [0.15, 0.2) is 17.6 Å². The standard InChI is InChI=1S/C8H11N3O4S/c12-8(13)4-11(6-1-2-6)16(14,15)7-3-9-5-10-7/h3,5-6H,1-2,4H2,(H,9,10)(H,12,13). The number of H-pyrrole nitrogens is 1. The van der Waals surface area contributed by atoms with Crippen LogP contribution in [0.25, 0.3) is 0 Å². The van der Waals surface area contributed by atoms with E-state index in [4.69, 9.17) is 5.11 Å². The SMILES string of the molecule is O=C(O)CN(C1CC1)S(=O)(=O)c1cnc[nH]1. The minimum absolute atomic E-state index is 0.0688. The van der Waals surface area contributed by atoms with Gasteiger partial charge in [-0.05, 0) is 12.8 Å². The number of aliphatic carboxylic acids is 1. The van der Waals surface area contributed by atoms with Crippen LogP contribution in [0, 0.1) is 0 Å². The van der Waals surface area contributed by atoms with Gasteiger partial charge in [0.05, 0.1) is 12.5 Å². The molecule has 0 atom stereocenters. The first-order chi connectivity index (χ1) is 7.51. The van der Waals surface area contributed by atoms with Crippen LogP contribution in [0.5, 0.6) is 0 Å². The summed E-state index contributed by atoms with van der Waals surface area (Å²) in [5, 5.41) is 8.62. The predicted molar refractivity (Wildman–Crippen MR) is 53.1 cm³/mol. The van der Waals surface area contributed by atoms with E-state index < -0.39 is 22.5 Å². The number of nitrogens with one attached hydrogen (secondary N) is 1. The maximum atomic E-state index is 12.0. The van der Waals surface area contributed by atoms with Crippen molar-refractivity contribution >= 4 is 16.0 Å². The minimum atomic E-state index is -3.76. The summed E-state index contributed by atoms with van der Waals surface area (Å²) < 4.78 is 25.0. The lowest BCUT2D eigenvalue weighted by Crippen LogP contribution is -2.37. The Balaban J connectivity index is 2.29. The highest BCUT2D eigenvalue weighted by atomic mass is 32.2. The third-order valence-corrected chi connectivity index (χ3v) is 4.13. The van der Waals surface area contributed by atoms with Crippen LogP contribution in [0.3, 0.4) is 0 Å². The summed E-state index contributed by atoms with van der Waals surface area (Å²) in [5.41, 5.74) is 0. The van der Waals surface area contributed by atoms with Crippen molar-refractivity contribution in [3.05, 3.63) is 12.5 Å². The van der Waals surface area contributed by atoms with Crippen molar-refractivity contribution in [1.82, 2.24) is 14.3 Å². The van der Waals surface area contributed by atoms with Crippen molar-refractivity contribution < 1.29 is 18.3 Å². The van der Waals surface area contributed by atoms with Gasteiger partial charge in [0.25, 0.3) is 10.0 Å². The van der Waals surface area contributed by atoms with Crippen LogP contribution < -0.4 is 0 Å². The third kappa shape index (κ3) is 2.07. The second kappa shape index (κ2) is 3.87. The van der Waals surface area contributed by atoms with Crippen molar-refractivity contribution in [2.75, 3.05) is 6.54 Å². The number of rotatable bonds is 5. The summed E-state index contributed by atoms with van der Waals surface area (Å²) >= 11 is 0. The Bertz CT molecular complexity index is 477. The fraction of sp³-hybridized carbons (Fsp3) is 0.500. The monoisotopic (exact) mass is 245 g/mol. The highest BCUT2D eigenvalue weighted by Gasteiger charge is 2.39. The van der Waals surface area contributed by atoms with Gasteiger partial charge in [-0.2, -0.15) is 4.31 Å². The zero-order chi connectivity index (χ0) is 11.8. The molecule has 1 aliphatic carbocycles. The molecule has 88 valence electrons. The van der Waals surface area contributed by atoms with Gasteiger partial charge in [0.15, 0.2) is 5.03 Å². The molecule has 1 aromatic rings. The molecule has 0 aliphatic heterocycles. The lowest BCUT2D eigenvalue weighted by molar-refractivity contribution is -0.137. The van der Waals surface area contributed by atoms with Crippen molar-refractivity contribution in [3.63, 3.8) is 0 Å². The van der Waals surface area contributed by atoms with E-state index in [-0.39, 0.29) is 11.1 Å². The molecule has 16 heavy (non-hydrogen) atoms. The molecule has 1 saturated carbocycles. The molecular formula is C8H11N3O4S. The molecule has 0 spiro atoms. The summed E-state index contributed by atoms with van der Waals surface area (Å²) in [6.45, 7) is -0.508. The summed E-state index contributed by atoms with van der Waals surface area (Å²) in [5.74, 6) is -1.16. The van der Waals surface area contributed by atoms with Crippen molar-refractivity contribution in [1.29, 1.82) is 0 Å². The van der Waals surface area contributed by atoms with E-state index in [1.54, 1.807) is 0 Å². The lowest BCUT2D eigenvalue weighted by Gasteiger charge is -2.18. The Morgan fingerprint density at radius 3 is 2.75 bits per heavy atom. The molecule has 1 fully saturated rings. The Morgan fingerprint density at radius 1 is 1.62 bits per heavy atom. The maximum Gasteiger partial charge on any atom is 0.318 e. The molecular weight excluding hydrogens is 234 g/mol. The van der Waals surface area contributed by atoms with Crippen LogP contribution in [0.2, 0.25) is 0 Å². The largest absolute Gasteiger partial charge is 0.480 e. The number of nitrogens with zero attached hydrogens (tertiary/aromatic N) is 2. The topological polar surface area (TPSA) is 103 Å². The van der Waals surface area contributed by atoms with Gasteiger partial charge in [0.1, 0.15) is 6.54 Å². The van der Waals surface area contributed by atoms with Gasteiger partial charge in [-0.1, -0.05) is 0 Å². The number of carbonyl (C=O) groups is 1. The molecule has 0 saturated heterocycles. The van der Waals surface area contributed by atoms with E-state index in [9.17, 15) is 13.2 Å². The first kappa shape index (κ1) is 11.1. The fourth-order valence-corrected chi connectivity index (χ4v) is 2.95. The van der Waals surface area contributed by atoms with E-state index in [2.05, 4.69) is 9.97 Å². The van der Waals surface area contributed by atoms with Gasteiger partial charge in [0, 0.05) is 6.04 Å². The van der Waals surface area contributed by atoms with Gasteiger partial charge >= 0.3 is 5.97 Å². The molecule has 0 unspecified atom stereocenters. The number of carboxylic acids is 1. The molecule has 0 bridgehead atoms. The number of imidazole rings is 1. The zero-order valence-corrected chi connectivity index (χ0v) is 9.14. The van der Waals surface area contributed by atoms with Crippen molar-refractivity contribution in [2.45, 2.75) is 23.9 Å². The van der Waals surface area contributed by atoms with Crippen molar-refractivity contribution in [2.24, 2.45) is 0 Å². The molecule has 0 amide bonds. The Labute approximate surface area is 92.2 Å². The quantitative estimate of drug-likeness (QED) is 0.737. The minimum Gasteiger partial charge on any atom is -0.480 e. The van der Waals surface area contributed by atoms with Gasteiger partial charge in [-0.3, -0.25) is 4.79 Å². The first-order valence-electron chi connectivity index (χ1n) is 4.74. The van der Waals surface area contributed by atoms with Crippen LogP contribution >= 0.6 is 0 Å². The van der Waals surface area contributed by atoms with E-state index >= 15 is 0 Å². The molecule has 0 aromatic carbocycles. The molecule has 1 heterocycles. The van der Waals surface area contributed by atoms with Crippen molar-refractivity contribution in [3.8, 4) is 0 Å². The molecule has 8 heteroatoms. The molecule has 1 aromatic heterocycles. The molecule has 2 rings (SSSR count). The van der Waals surface area contributed by atoms with Crippen LogP contribution in [-0.4, -0.2) is 46.4 Å². The number of carboxylic acid groups (broad SMARTS) is 1. The normalized spacial score (nSPS) is 16.6. The first-order valence-corrected chi connectivity index (χ1v) is 6.18. The van der Waals surface area contributed by atoms with Crippen LogP contribution in [0.4, 0.5) is 0 Å². The predicted octanol–water partition coefficient (Wildman–Crippen LogP) is -0.353. The van der Waals surface area contributed by atoms with Gasteiger partial charge in [-0.25, -0.2) is 13.4 Å². The number of hydrogen-bond acceptors (Lipinski definition) is 4. The molecule has 1 aliphatic rings. The zero-order valence-electron chi connectivity index (χ0n) is 8.33. The number of sulfonamides is 1. The smallest absolute Gasteiger partial charge is 0.318 e. The second-order valence-corrected chi connectivity index (χ2v) is 5.45. The maximum absolute atomic E-state index is 12.0. The molecule has 0 radical (unpaired) electrons. The molecule has 7 nitrogen and oxygen atoms in total. The summed E-state index contributed by atoms with van der Waals surface area (Å²) in [4.78, 5) is 16.7. The summed E-state index contributed by atoms with van der Waals surface area (Å²) in [6, 6.07) is -0.190. The van der Waals surface area contributed by atoms with E-state index in [1.807, 2.05) is 0 Å². The lowest BCUT2D eigenvalue weighted by atomic mass is 10.6. The van der Waals surface area contributed by atoms with Crippen LogP contribution in [0.1, 0.15) is 12.8 Å². The van der Waals surface area contributed by atoms with Gasteiger partial charge in [0.2, 0.25) is 0 Å². The average molecular weight is 245 g/mol. The average Bonchev–Trinajstić information content (AvgIpc) is 2.86. The van der Waals surface area contributed by atoms with Crippen LogP contribution in [-0.2, 0) is 14.8 Å². The molecule has 2 N–H and O–H groups in total. The highest BCUT2D eigenvalue weighted by molar-refractivity contribution is 7.89. The van der Waals surface area contributed by atoms with E-state index in [0.29, 0.717) is 12.8 Å². The second-order valence-electron chi connectivity index (χ2n) is 3.59. The fourth-order valence-electron chi connectivity index (χ4n) is 1.42. The Morgan fingerprint density at radius 2 is 2.31 bits per heavy atom. The van der Waals surface area contributed by atoms with E-state index in [1.165, 1.54) is 12.5 Å². The van der Waals surface area contributed by atoms with Gasteiger partial charge in [-0.15, -0.1) is 0 Å². The highest BCUT2D eigenvalue weighted by Crippen LogP contribution is 2.31. The third-order valence-electron chi connectivity index (χ3n) is 2.31. The number of aromatic nitrogens is 2. The van der Waals surface area contributed by atoms with E-state index in [0.717, 1.165) is 4.31 Å².